The number of benzene rings is 3. The lowest BCUT2D eigenvalue weighted by molar-refractivity contribution is -0.164. The third kappa shape index (κ3) is 6.89. The molecule has 2 N–H and O–H groups in total. The van der Waals surface area contributed by atoms with E-state index in [9.17, 15) is 29.2 Å². The van der Waals surface area contributed by atoms with Gasteiger partial charge in [0, 0.05) is 98.0 Å². The van der Waals surface area contributed by atoms with Gasteiger partial charge >= 0.3 is 0 Å². The van der Waals surface area contributed by atoms with Crippen LogP contribution in [0.2, 0.25) is 5.02 Å². The Kier molecular flexibility index (Phi) is 9.77. The highest BCUT2D eigenvalue weighted by Crippen LogP contribution is 2.55. The number of nitrogens with zero attached hydrogens (tertiary/aromatic N) is 5. The molecular formula is C43H46ClN7O6. The minimum atomic E-state index is -0.976. The van der Waals surface area contributed by atoms with Crippen LogP contribution in [-0.2, 0) is 9.59 Å². The van der Waals surface area contributed by atoms with Crippen molar-refractivity contribution in [3.8, 4) is 11.8 Å². The maximum absolute atomic E-state index is 13.5. The number of halogens is 1. The zero-order valence-electron chi connectivity index (χ0n) is 32.5. The summed E-state index contributed by atoms with van der Waals surface area (Å²) in [4.78, 5) is 71.9. The van der Waals surface area contributed by atoms with Crippen molar-refractivity contribution in [2.24, 2.45) is 16.7 Å². The van der Waals surface area contributed by atoms with Gasteiger partial charge in [0.05, 0.1) is 21.7 Å². The molecule has 8 rings (SSSR count). The third-order valence-corrected chi connectivity index (χ3v) is 12.9. The van der Waals surface area contributed by atoms with Crippen LogP contribution in [0.25, 0.3) is 0 Å². The minimum absolute atomic E-state index is 0.0881. The van der Waals surface area contributed by atoms with Crippen LogP contribution in [0.5, 0.6) is 5.75 Å². The van der Waals surface area contributed by atoms with E-state index < -0.39 is 29.7 Å². The zero-order chi connectivity index (χ0) is 40.4. The zero-order valence-corrected chi connectivity index (χ0v) is 33.3. The molecule has 5 amide bonds. The first-order valence-electron chi connectivity index (χ1n) is 19.5. The van der Waals surface area contributed by atoms with Crippen molar-refractivity contribution in [3.63, 3.8) is 0 Å². The van der Waals surface area contributed by atoms with Gasteiger partial charge in [0.25, 0.3) is 17.7 Å². The van der Waals surface area contributed by atoms with Gasteiger partial charge in [-0.25, -0.2) is 0 Å². The van der Waals surface area contributed by atoms with Gasteiger partial charge in [0.2, 0.25) is 11.8 Å². The van der Waals surface area contributed by atoms with Gasteiger partial charge in [0.15, 0.2) is 0 Å². The van der Waals surface area contributed by atoms with E-state index in [1.54, 1.807) is 30.3 Å². The maximum atomic E-state index is 13.5. The Morgan fingerprint density at radius 2 is 1.54 bits per heavy atom. The van der Waals surface area contributed by atoms with Crippen LogP contribution < -0.4 is 25.2 Å². The van der Waals surface area contributed by atoms with Gasteiger partial charge in [-0.05, 0) is 61.0 Å². The standard InChI is InChI=1S/C43H46ClN7O6/c1-42(2)40(43(3,4)41(42)57-30-11-7-27(21-45)33(44)20-30)47-36(53)26-5-8-28(9-6-26)49-17-15-48(16-18-49)22-25-23-50(24-25)29-10-12-31-32(19-29)39(56)51(38(31)55)34-13-14-35(52)46-37(34)54/h5-12,19-20,25,34,40-41H,13-18,22-24H2,1-4H3,(H,47,53)(H,46,52,54)/t34?,40-,41-. The van der Waals surface area contributed by atoms with Crippen LogP contribution in [0.4, 0.5) is 11.4 Å². The van der Waals surface area contributed by atoms with Crippen LogP contribution in [-0.4, -0.2) is 103 Å². The van der Waals surface area contributed by atoms with E-state index in [0.717, 1.165) is 62.1 Å². The fourth-order valence-corrected chi connectivity index (χ4v) is 9.95. The van der Waals surface area contributed by atoms with Crippen molar-refractivity contribution < 1.29 is 28.7 Å². The smallest absolute Gasteiger partial charge is 0.262 e. The highest BCUT2D eigenvalue weighted by Gasteiger charge is 2.64. The van der Waals surface area contributed by atoms with Crippen molar-refractivity contribution in [2.45, 2.75) is 58.7 Å². The highest BCUT2D eigenvalue weighted by atomic mass is 35.5. The fraction of sp³-hybridized carbons (Fsp3) is 0.442. The number of carbonyl (C=O) groups is 5. The molecule has 296 valence electrons. The first kappa shape index (κ1) is 38.4. The summed E-state index contributed by atoms with van der Waals surface area (Å²) in [5.74, 6) is -1.05. The van der Waals surface area contributed by atoms with Crippen molar-refractivity contribution in [1.82, 2.24) is 20.4 Å². The largest absolute Gasteiger partial charge is 0.489 e. The molecule has 57 heavy (non-hydrogen) atoms. The molecule has 1 saturated carbocycles. The molecule has 1 atom stereocenters. The van der Waals surface area contributed by atoms with E-state index in [-0.39, 0.29) is 47.3 Å². The van der Waals surface area contributed by atoms with Gasteiger partial charge in [-0.1, -0.05) is 39.3 Å². The molecule has 4 heterocycles. The third-order valence-electron chi connectivity index (χ3n) is 12.6. The Bertz CT molecular complexity index is 2190. The molecule has 14 heteroatoms. The summed E-state index contributed by atoms with van der Waals surface area (Å²) < 4.78 is 6.37. The number of amides is 5. The van der Waals surface area contributed by atoms with Crippen LogP contribution in [0, 0.1) is 28.1 Å². The summed E-state index contributed by atoms with van der Waals surface area (Å²) in [7, 11) is 0. The normalized spacial score (nSPS) is 24.3. The van der Waals surface area contributed by atoms with Gasteiger partial charge in [-0.2, -0.15) is 5.26 Å². The minimum Gasteiger partial charge on any atom is -0.489 e. The molecule has 3 aromatic carbocycles. The SMILES string of the molecule is CC1(C)[C@H](NC(=O)c2ccc(N3CCN(CC4CN(c5ccc6c(c5)C(=O)N(C5CCC(=O)NC5=O)C6=O)C4)CC3)cc2)C(C)(C)[C@H]1Oc1ccc(C#N)c(Cl)c1. The Balaban J connectivity index is 0.794. The van der Waals surface area contributed by atoms with Crippen LogP contribution >= 0.6 is 11.6 Å². The number of fused-ring (bicyclic) bond motifs is 1. The number of ether oxygens (including phenoxy) is 1. The lowest BCUT2D eigenvalue weighted by atomic mass is 9.49. The summed E-state index contributed by atoms with van der Waals surface area (Å²) in [5.41, 5.74) is 2.84. The quantitative estimate of drug-likeness (QED) is 0.297. The molecule has 0 bridgehead atoms. The molecule has 13 nitrogen and oxygen atoms in total. The molecule has 3 aromatic rings. The fourth-order valence-electron chi connectivity index (χ4n) is 9.74. The monoisotopic (exact) mass is 791 g/mol. The highest BCUT2D eigenvalue weighted by molar-refractivity contribution is 6.31. The van der Waals surface area contributed by atoms with E-state index in [1.807, 2.05) is 30.3 Å². The summed E-state index contributed by atoms with van der Waals surface area (Å²) in [6, 6.07) is 19.1. The average Bonchev–Trinajstić information content (AvgIpc) is 3.42. The molecular weight excluding hydrogens is 746 g/mol. The number of hydrogen-bond acceptors (Lipinski definition) is 10. The second kappa shape index (κ2) is 14.5. The second-order valence-corrected chi connectivity index (χ2v) is 17.5. The topological polar surface area (TPSA) is 155 Å². The molecule has 0 radical (unpaired) electrons. The lowest BCUT2D eigenvalue weighted by Gasteiger charge is -2.63. The number of rotatable bonds is 9. The van der Waals surface area contributed by atoms with E-state index in [4.69, 9.17) is 16.3 Å². The van der Waals surface area contributed by atoms with Crippen LogP contribution in [0.1, 0.15) is 77.2 Å². The summed E-state index contributed by atoms with van der Waals surface area (Å²) in [5, 5.41) is 15.1. The summed E-state index contributed by atoms with van der Waals surface area (Å²) >= 11 is 6.24. The Hall–Kier alpha value is -5.45. The number of piperazine rings is 1. The van der Waals surface area contributed by atoms with Gasteiger partial charge in [0.1, 0.15) is 24.0 Å². The molecule has 4 aliphatic heterocycles. The lowest BCUT2D eigenvalue weighted by Crippen LogP contribution is -2.74. The number of piperidine rings is 1. The van der Waals surface area contributed by atoms with Crippen LogP contribution in [0.3, 0.4) is 0 Å². The van der Waals surface area contributed by atoms with Gasteiger partial charge in [-0.15, -0.1) is 0 Å². The van der Waals surface area contributed by atoms with E-state index in [2.05, 4.69) is 59.1 Å². The first-order chi connectivity index (χ1) is 27.1. The van der Waals surface area contributed by atoms with Crippen molar-refractivity contribution in [3.05, 3.63) is 87.9 Å². The number of anilines is 2. The number of carbonyl (C=O) groups excluding carboxylic acids is 5. The van der Waals surface area contributed by atoms with Crippen molar-refractivity contribution in [1.29, 1.82) is 5.26 Å². The van der Waals surface area contributed by atoms with Crippen molar-refractivity contribution in [2.75, 3.05) is 55.6 Å². The van der Waals surface area contributed by atoms with Crippen molar-refractivity contribution >= 4 is 52.5 Å². The van der Waals surface area contributed by atoms with Gasteiger partial charge in [-0.3, -0.25) is 39.1 Å². The number of hydrogen-bond donors (Lipinski definition) is 2. The predicted molar refractivity (Wildman–Crippen MR) is 213 cm³/mol. The number of nitrogens with one attached hydrogen (secondary N) is 2. The first-order valence-corrected chi connectivity index (χ1v) is 19.9. The summed E-state index contributed by atoms with van der Waals surface area (Å²) in [6.07, 6.45) is 0.0351. The van der Waals surface area contributed by atoms with E-state index >= 15 is 0 Å². The Morgan fingerprint density at radius 3 is 2.19 bits per heavy atom. The predicted octanol–water partition coefficient (Wildman–Crippen LogP) is 4.48. The Morgan fingerprint density at radius 1 is 0.877 bits per heavy atom. The molecule has 0 spiro atoms. The molecule has 4 fully saturated rings. The molecule has 5 aliphatic rings. The molecule has 1 unspecified atom stereocenters. The van der Waals surface area contributed by atoms with E-state index in [0.29, 0.717) is 33.4 Å². The van der Waals surface area contributed by atoms with Crippen LogP contribution in [0.15, 0.2) is 60.7 Å². The molecule has 3 saturated heterocycles. The molecule has 1 aliphatic carbocycles. The molecule has 0 aromatic heterocycles. The summed E-state index contributed by atoms with van der Waals surface area (Å²) in [6.45, 7) is 14.6. The number of imide groups is 2. The van der Waals surface area contributed by atoms with Gasteiger partial charge < -0.3 is 19.9 Å². The maximum Gasteiger partial charge on any atom is 0.262 e. The van der Waals surface area contributed by atoms with E-state index in [1.165, 1.54) is 0 Å². The number of nitriles is 1. The second-order valence-electron chi connectivity index (χ2n) is 17.1. The average molecular weight is 792 g/mol. The Labute approximate surface area is 336 Å².